The van der Waals surface area contributed by atoms with Gasteiger partial charge in [0.15, 0.2) is 5.79 Å². The lowest BCUT2D eigenvalue weighted by molar-refractivity contribution is -0.184. The van der Waals surface area contributed by atoms with E-state index in [4.69, 9.17) is 18.9 Å². The quantitative estimate of drug-likeness (QED) is 0.732. The van der Waals surface area contributed by atoms with Gasteiger partial charge in [0, 0.05) is 0 Å². The monoisotopic (exact) mass is 372 g/mol. The molecule has 2 aromatic rings. The zero-order chi connectivity index (χ0) is 19.1. The number of benzene rings is 2. The fourth-order valence-electron chi connectivity index (χ4n) is 3.13. The van der Waals surface area contributed by atoms with Crippen molar-refractivity contribution in [2.24, 2.45) is 0 Å². The van der Waals surface area contributed by atoms with Gasteiger partial charge in [-0.25, -0.2) is 0 Å². The van der Waals surface area contributed by atoms with Gasteiger partial charge in [-0.1, -0.05) is 60.7 Å². The topological polar surface area (TPSA) is 57.2 Å². The van der Waals surface area contributed by atoms with E-state index in [1.807, 2.05) is 74.5 Å². The van der Waals surface area contributed by atoms with Crippen molar-refractivity contribution in [1.29, 1.82) is 0 Å². The van der Waals surface area contributed by atoms with Crippen molar-refractivity contribution >= 4 is 0 Å². The average Bonchev–Trinajstić information content (AvgIpc) is 3.05. The summed E-state index contributed by atoms with van der Waals surface area (Å²) in [5.74, 6) is -0.668. The van der Waals surface area contributed by atoms with Gasteiger partial charge in [-0.2, -0.15) is 0 Å². The van der Waals surface area contributed by atoms with Crippen molar-refractivity contribution in [2.75, 3.05) is 13.2 Å². The summed E-state index contributed by atoms with van der Waals surface area (Å²) in [5.41, 5.74) is 2.10. The second kappa shape index (κ2) is 9.44. The highest BCUT2D eigenvalue weighted by atomic mass is 16.8. The van der Waals surface area contributed by atoms with E-state index in [1.165, 1.54) is 0 Å². The number of hydrogen-bond acceptors (Lipinski definition) is 5. The van der Waals surface area contributed by atoms with Crippen LogP contribution in [0.25, 0.3) is 0 Å². The second-order valence-electron chi connectivity index (χ2n) is 7.15. The molecule has 3 atom stereocenters. The van der Waals surface area contributed by atoms with E-state index >= 15 is 0 Å². The predicted octanol–water partition coefficient (Wildman–Crippen LogP) is 3.30. The summed E-state index contributed by atoms with van der Waals surface area (Å²) in [6.45, 7) is 4.80. The fourth-order valence-corrected chi connectivity index (χ4v) is 3.13. The van der Waals surface area contributed by atoms with E-state index in [-0.39, 0.29) is 12.7 Å². The molecule has 1 aliphatic heterocycles. The molecule has 0 spiro atoms. The molecule has 0 bridgehead atoms. The second-order valence-corrected chi connectivity index (χ2v) is 7.15. The van der Waals surface area contributed by atoms with Crippen LogP contribution in [-0.2, 0) is 32.2 Å². The Labute approximate surface area is 160 Å². The molecule has 5 nitrogen and oxygen atoms in total. The summed E-state index contributed by atoms with van der Waals surface area (Å²) in [5, 5.41) is 9.96. The Hall–Kier alpha value is -1.76. The molecule has 1 aliphatic rings. The smallest absolute Gasteiger partial charge is 0.163 e. The Morgan fingerprint density at radius 2 is 1.52 bits per heavy atom. The Balaban J connectivity index is 1.68. The first-order valence-electron chi connectivity index (χ1n) is 9.31. The highest BCUT2D eigenvalue weighted by molar-refractivity contribution is 5.14. The standard InChI is InChI=1S/C22H28O5/c1-22(2)26-16-20(27-22)21(25-15-18-11-7-4-8-12-18)19(13-23)24-14-17-9-5-3-6-10-17/h3-12,19-21,23H,13-16H2,1-2H3/t19-,20-,21+/m1/s1. The molecule has 146 valence electrons. The third kappa shape index (κ3) is 5.86. The molecule has 0 saturated carbocycles. The van der Waals surface area contributed by atoms with Crippen molar-refractivity contribution < 1.29 is 24.1 Å². The van der Waals surface area contributed by atoms with Crippen LogP contribution in [0.4, 0.5) is 0 Å². The fraction of sp³-hybridized carbons (Fsp3) is 0.455. The first-order chi connectivity index (χ1) is 13.1. The molecule has 1 heterocycles. The van der Waals surface area contributed by atoms with E-state index in [0.29, 0.717) is 19.8 Å². The number of ether oxygens (including phenoxy) is 4. The molecule has 2 aromatic carbocycles. The number of rotatable bonds is 9. The maximum atomic E-state index is 9.96. The third-order valence-corrected chi connectivity index (χ3v) is 4.54. The molecule has 3 rings (SSSR count). The minimum Gasteiger partial charge on any atom is -0.394 e. The summed E-state index contributed by atoms with van der Waals surface area (Å²) in [4.78, 5) is 0. The number of aliphatic hydroxyl groups is 1. The van der Waals surface area contributed by atoms with Gasteiger partial charge in [0.25, 0.3) is 0 Å². The van der Waals surface area contributed by atoms with Crippen LogP contribution in [0, 0.1) is 0 Å². The predicted molar refractivity (Wildman–Crippen MR) is 102 cm³/mol. The summed E-state index contributed by atoms with van der Waals surface area (Å²) >= 11 is 0. The molecule has 5 heteroatoms. The van der Waals surface area contributed by atoms with Gasteiger partial charge in [0.1, 0.15) is 18.3 Å². The Morgan fingerprint density at radius 3 is 2.00 bits per heavy atom. The van der Waals surface area contributed by atoms with Crippen LogP contribution in [0.3, 0.4) is 0 Å². The maximum Gasteiger partial charge on any atom is 0.163 e. The molecule has 27 heavy (non-hydrogen) atoms. The normalized spacial score (nSPS) is 21.1. The van der Waals surface area contributed by atoms with Crippen LogP contribution < -0.4 is 0 Å². The zero-order valence-corrected chi connectivity index (χ0v) is 15.9. The first kappa shape index (κ1) is 20.0. The van der Waals surface area contributed by atoms with Crippen molar-refractivity contribution in [3.05, 3.63) is 71.8 Å². The van der Waals surface area contributed by atoms with Crippen LogP contribution >= 0.6 is 0 Å². The van der Waals surface area contributed by atoms with Crippen LogP contribution in [-0.4, -0.2) is 42.4 Å². The zero-order valence-electron chi connectivity index (χ0n) is 15.9. The lowest BCUT2D eigenvalue weighted by Crippen LogP contribution is -2.45. The van der Waals surface area contributed by atoms with Crippen LogP contribution in [0.5, 0.6) is 0 Å². The molecule has 0 aliphatic carbocycles. The van der Waals surface area contributed by atoms with Crippen LogP contribution in [0.2, 0.25) is 0 Å². The van der Waals surface area contributed by atoms with Gasteiger partial charge in [-0.3, -0.25) is 0 Å². The van der Waals surface area contributed by atoms with Gasteiger partial charge in [0.2, 0.25) is 0 Å². The van der Waals surface area contributed by atoms with Crippen molar-refractivity contribution in [2.45, 2.75) is 51.2 Å². The lowest BCUT2D eigenvalue weighted by Gasteiger charge is -2.30. The molecule has 1 N–H and O–H groups in total. The third-order valence-electron chi connectivity index (χ3n) is 4.54. The first-order valence-corrected chi connectivity index (χ1v) is 9.31. The van der Waals surface area contributed by atoms with Gasteiger partial charge < -0.3 is 24.1 Å². The summed E-state index contributed by atoms with van der Waals surface area (Å²) in [6, 6.07) is 19.8. The van der Waals surface area contributed by atoms with Crippen LogP contribution in [0.15, 0.2) is 60.7 Å². The molecule has 0 aromatic heterocycles. The Morgan fingerprint density at radius 1 is 0.963 bits per heavy atom. The minimum atomic E-state index is -0.668. The van der Waals surface area contributed by atoms with Crippen LogP contribution in [0.1, 0.15) is 25.0 Å². The highest BCUT2D eigenvalue weighted by Crippen LogP contribution is 2.28. The Bertz CT molecular complexity index is 674. The largest absolute Gasteiger partial charge is 0.394 e. The lowest BCUT2D eigenvalue weighted by atomic mass is 10.1. The molecule has 0 radical (unpaired) electrons. The molecule has 1 fully saturated rings. The molecular weight excluding hydrogens is 344 g/mol. The minimum absolute atomic E-state index is 0.160. The van der Waals surface area contributed by atoms with Gasteiger partial charge in [-0.05, 0) is 25.0 Å². The average molecular weight is 372 g/mol. The summed E-state index contributed by atoms with van der Waals surface area (Å²) in [7, 11) is 0. The van der Waals surface area contributed by atoms with Gasteiger partial charge in [0.05, 0.1) is 26.4 Å². The van der Waals surface area contributed by atoms with Gasteiger partial charge >= 0.3 is 0 Å². The molecular formula is C22H28O5. The summed E-state index contributed by atoms with van der Waals surface area (Å²) in [6.07, 6.45) is -1.27. The maximum absolute atomic E-state index is 9.96. The molecule has 0 unspecified atom stereocenters. The van der Waals surface area contributed by atoms with E-state index < -0.39 is 18.0 Å². The molecule has 0 amide bonds. The highest BCUT2D eigenvalue weighted by Gasteiger charge is 2.41. The molecule has 1 saturated heterocycles. The van der Waals surface area contributed by atoms with Gasteiger partial charge in [-0.15, -0.1) is 0 Å². The van der Waals surface area contributed by atoms with E-state index in [1.54, 1.807) is 0 Å². The van der Waals surface area contributed by atoms with E-state index in [9.17, 15) is 5.11 Å². The number of aliphatic hydroxyl groups excluding tert-OH is 1. The summed E-state index contributed by atoms with van der Waals surface area (Å²) < 4.78 is 23.9. The van der Waals surface area contributed by atoms with Crippen molar-refractivity contribution in [1.82, 2.24) is 0 Å². The Kier molecular flexibility index (Phi) is 6.99. The van der Waals surface area contributed by atoms with Crippen molar-refractivity contribution in [3.63, 3.8) is 0 Å². The SMILES string of the molecule is CC1(C)OC[C@H]([C@@H](OCc2ccccc2)[C@@H](CO)OCc2ccccc2)O1. The van der Waals surface area contributed by atoms with Crippen molar-refractivity contribution in [3.8, 4) is 0 Å². The number of hydrogen-bond donors (Lipinski definition) is 1. The van der Waals surface area contributed by atoms with E-state index in [0.717, 1.165) is 11.1 Å². The van der Waals surface area contributed by atoms with E-state index in [2.05, 4.69) is 0 Å².